The fraction of sp³-hybridized carbons (Fsp3) is 0.583. The van der Waals surface area contributed by atoms with Crippen molar-refractivity contribution in [2.75, 3.05) is 18.5 Å². The van der Waals surface area contributed by atoms with Gasteiger partial charge in [-0.25, -0.2) is 0 Å². The van der Waals surface area contributed by atoms with E-state index in [4.69, 9.17) is 0 Å². The molecule has 0 aliphatic rings. The van der Waals surface area contributed by atoms with Gasteiger partial charge in [0.15, 0.2) is 0 Å². The number of aromatic nitrogens is 1. The Bertz CT molecular complexity index is 336. The normalized spacial score (nSPS) is 10.6. The Hall–Kier alpha value is -1.45. The number of amides is 1. The van der Waals surface area contributed by atoms with Crippen molar-refractivity contribution < 1.29 is 4.79 Å². The molecule has 0 aromatic carbocycles. The third-order valence-electron chi connectivity index (χ3n) is 2.38. The highest BCUT2D eigenvalue weighted by Gasteiger charge is 2.04. The molecule has 1 rings (SSSR count). The van der Waals surface area contributed by atoms with Crippen molar-refractivity contribution in [3.63, 3.8) is 0 Å². The Kier molecular flexibility index (Phi) is 4.40. The second-order valence-electron chi connectivity index (χ2n) is 4.48. The molecule has 0 bridgehead atoms. The summed E-state index contributed by atoms with van der Waals surface area (Å²) in [5.41, 5.74) is 5.30. The second-order valence-corrected chi connectivity index (χ2v) is 4.48. The van der Waals surface area contributed by atoms with Gasteiger partial charge in [0.25, 0.3) is 0 Å². The summed E-state index contributed by atoms with van der Waals surface area (Å²) in [6.07, 6.45) is 0. The first-order valence-electron chi connectivity index (χ1n) is 5.66. The molecular formula is C12H21N3O. The van der Waals surface area contributed by atoms with Crippen LogP contribution >= 0.6 is 0 Å². The molecule has 16 heavy (non-hydrogen) atoms. The van der Waals surface area contributed by atoms with Gasteiger partial charge < -0.3 is 10.7 Å². The number of nitrogens with one attached hydrogen (secondary N) is 2. The van der Waals surface area contributed by atoms with E-state index in [1.807, 2.05) is 30.7 Å². The van der Waals surface area contributed by atoms with Crippen LogP contribution in [0.25, 0.3) is 0 Å². The molecule has 4 nitrogen and oxygen atoms in total. The largest absolute Gasteiger partial charge is 0.354 e. The molecule has 1 aromatic rings. The molecule has 0 saturated carbocycles. The van der Waals surface area contributed by atoms with E-state index in [1.54, 1.807) is 0 Å². The highest BCUT2D eigenvalue weighted by atomic mass is 16.2. The summed E-state index contributed by atoms with van der Waals surface area (Å²) in [6, 6.07) is 4.04. The zero-order chi connectivity index (χ0) is 12.1. The zero-order valence-corrected chi connectivity index (χ0v) is 10.5. The quantitative estimate of drug-likeness (QED) is 0.793. The molecular weight excluding hydrogens is 202 g/mol. The Morgan fingerprint density at radius 1 is 1.31 bits per heavy atom. The molecule has 0 atom stereocenters. The Labute approximate surface area is 97.0 Å². The molecule has 0 radical (unpaired) electrons. The lowest BCUT2D eigenvalue weighted by Crippen LogP contribution is -2.35. The maximum Gasteiger partial charge on any atom is 0.240 e. The zero-order valence-electron chi connectivity index (χ0n) is 10.5. The van der Waals surface area contributed by atoms with Crippen LogP contribution in [0.3, 0.4) is 0 Å². The summed E-state index contributed by atoms with van der Waals surface area (Å²) in [6.45, 7) is 9.20. The van der Waals surface area contributed by atoms with Crippen molar-refractivity contribution in [1.29, 1.82) is 0 Å². The number of hydrogen-bond donors (Lipinski definition) is 2. The van der Waals surface area contributed by atoms with Gasteiger partial charge >= 0.3 is 0 Å². The van der Waals surface area contributed by atoms with Crippen molar-refractivity contribution in [3.05, 3.63) is 23.5 Å². The van der Waals surface area contributed by atoms with E-state index >= 15 is 0 Å². The van der Waals surface area contributed by atoms with Gasteiger partial charge in [-0.05, 0) is 31.9 Å². The number of aryl methyl sites for hydroxylation is 2. The van der Waals surface area contributed by atoms with E-state index in [2.05, 4.69) is 24.6 Å². The summed E-state index contributed by atoms with van der Waals surface area (Å²) in [7, 11) is 0. The first-order valence-corrected chi connectivity index (χ1v) is 5.66. The summed E-state index contributed by atoms with van der Waals surface area (Å²) in [4.78, 5) is 11.5. The number of carbonyl (C=O) groups excluding carboxylic acids is 1. The summed E-state index contributed by atoms with van der Waals surface area (Å²) >= 11 is 0. The van der Waals surface area contributed by atoms with E-state index in [0.29, 0.717) is 12.5 Å². The molecule has 0 aliphatic carbocycles. The number of carbonyl (C=O) groups is 1. The fourth-order valence-corrected chi connectivity index (χ4v) is 1.45. The third-order valence-corrected chi connectivity index (χ3v) is 2.38. The smallest absolute Gasteiger partial charge is 0.240 e. The molecule has 90 valence electrons. The average Bonchev–Trinajstić information content (AvgIpc) is 2.53. The molecule has 2 N–H and O–H groups in total. The van der Waals surface area contributed by atoms with Crippen molar-refractivity contribution in [2.45, 2.75) is 27.7 Å². The van der Waals surface area contributed by atoms with Crippen LogP contribution in [0.1, 0.15) is 25.2 Å². The predicted molar refractivity (Wildman–Crippen MR) is 66.0 cm³/mol. The number of hydrogen-bond acceptors (Lipinski definition) is 2. The summed E-state index contributed by atoms with van der Waals surface area (Å²) in [5, 5.41) is 2.87. The molecule has 0 fully saturated rings. The molecule has 1 aromatic heterocycles. The van der Waals surface area contributed by atoms with Crippen LogP contribution in [0, 0.1) is 19.8 Å². The lowest BCUT2D eigenvalue weighted by atomic mass is 10.2. The monoisotopic (exact) mass is 223 g/mol. The number of nitrogens with zero attached hydrogens (tertiary/aromatic N) is 1. The predicted octanol–water partition coefficient (Wildman–Crippen LogP) is 1.42. The van der Waals surface area contributed by atoms with Gasteiger partial charge in [0.05, 0.1) is 0 Å². The van der Waals surface area contributed by atoms with Crippen LogP contribution in [0.15, 0.2) is 12.1 Å². The van der Waals surface area contributed by atoms with Crippen molar-refractivity contribution in [2.24, 2.45) is 5.92 Å². The first-order chi connectivity index (χ1) is 7.50. The van der Waals surface area contributed by atoms with E-state index < -0.39 is 0 Å². The lowest BCUT2D eigenvalue weighted by Gasteiger charge is -2.13. The van der Waals surface area contributed by atoms with Gasteiger partial charge in [-0.1, -0.05) is 13.8 Å². The van der Waals surface area contributed by atoms with Gasteiger partial charge in [-0.3, -0.25) is 9.47 Å². The Balaban J connectivity index is 2.37. The topological polar surface area (TPSA) is 46.1 Å². The molecule has 4 heteroatoms. The van der Waals surface area contributed by atoms with Gasteiger partial charge in [0, 0.05) is 17.9 Å². The average molecular weight is 223 g/mol. The van der Waals surface area contributed by atoms with Crippen LogP contribution in [-0.2, 0) is 4.79 Å². The second kappa shape index (κ2) is 5.58. The number of rotatable bonds is 5. The third kappa shape index (κ3) is 3.61. The molecule has 0 spiro atoms. The SMILES string of the molecule is Cc1ccc(C)n1NCC(=O)NCC(C)C. The van der Waals surface area contributed by atoms with Crippen molar-refractivity contribution in [3.8, 4) is 0 Å². The van der Waals surface area contributed by atoms with Crippen LogP contribution in [0.2, 0.25) is 0 Å². The van der Waals surface area contributed by atoms with Crippen LogP contribution in [0.5, 0.6) is 0 Å². The minimum atomic E-state index is 0.0289. The van der Waals surface area contributed by atoms with Gasteiger partial charge in [-0.15, -0.1) is 0 Å². The highest BCUT2D eigenvalue weighted by molar-refractivity contribution is 5.79. The Morgan fingerprint density at radius 2 is 1.88 bits per heavy atom. The van der Waals surface area contributed by atoms with Crippen LogP contribution in [0.4, 0.5) is 0 Å². The molecule has 0 aliphatic heterocycles. The van der Waals surface area contributed by atoms with Crippen LogP contribution in [-0.4, -0.2) is 23.7 Å². The first kappa shape index (κ1) is 12.6. The molecule has 0 unspecified atom stereocenters. The summed E-state index contributed by atoms with van der Waals surface area (Å²) < 4.78 is 1.93. The molecule has 1 heterocycles. The van der Waals surface area contributed by atoms with Gasteiger partial charge in [-0.2, -0.15) is 0 Å². The van der Waals surface area contributed by atoms with Crippen LogP contribution < -0.4 is 10.7 Å². The minimum absolute atomic E-state index is 0.0289. The van der Waals surface area contributed by atoms with Crippen molar-refractivity contribution in [1.82, 2.24) is 9.99 Å². The standard InChI is InChI=1S/C12H21N3O/c1-9(2)7-13-12(16)8-14-15-10(3)5-6-11(15)4/h5-6,9,14H,7-8H2,1-4H3,(H,13,16). The molecule has 0 saturated heterocycles. The van der Waals surface area contributed by atoms with E-state index in [0.717, 1.165) is 17.9 Å². The summed E-state index contributed by atoms with van der Waals surface area (Å²) in [5.74, 6) is 0.514. The Morgan fingerprint density at radius 3 is 2.38 bits per heavy atom. The van der Waals surface area contributed by atoms with Gasteiger partial charge in [0.2, 0.25) is 5.91 Å². The van der Waals surface area contributed by atoms with E-state index in [1.165, 1.54) is 0 Å². The highest BCUT2D eigenvalue weighted by Crippen LogP contribution is 2.03. The van der Waals surface area contributed by atoms with Gasteiger partial charge in [0.1, 0.15) is 6.54 Å². The minimum Gasteiger partial charge on any atom is -0.354 e. The molecule has 1 amide bonds. The fourth-order valence-electron chi connectivity index (χ4n) is 1.45. The lowest BCUT2D eigenvalue weighted by molar-refractivity contribution is -0.119. The van der Waals surface area contributed by atoms with E-state index in [9.17, 15) is 4.79 Å². The maximum atomic E-state index is 11.5. The van der Waals surface area contributed by atoms with Crippen molar-refractivity contribution >= 4 is 5.91 Å². The van der Waals surface area contributed by atoms with E-state index in [-0.39, 0.29) is 5.91 Å². The maximum absolute atomic E-state index is 11.5.